The highest BCUT2D eigenvalue weighted by Crippen LogP contribution is 2.37. The molecule has 0 N–H and O–H groups in total. The molecule has 0 heterocycles. The molecule has 0 radical (unpaired) electrons. The normalized spacial score (nSPS) is 10.6. The van der Waals surface area contributed by atoms with Gasteiger partial charge in [-0.1, -0.05) is 29.8 Å². The number of carbonyl (C=O) groups is 2. The van der Waals surface area contributed by atoms with Gasteiger partial charge in [0.15, 0.2) is 18.1 Å². The zero-order chi connectivity index (χ0) is 21.6. The van der Waals surface area contributed by atoms with Crippen LogP contribution < -0.4 is 9.47 Å². The number of rotatable bonds is 8. The molecule has 0 saturated carbocycles. The van der Waals surface area contributed by atoms with E-state index in [1.165, 1.54) is 37.3 Å². The van der Waals surface area contributed by atoms with Gasteiger partial charge in [0.2, 0.25) is 0 Å². The van der Waals surface area contributed by atoms with Crippen LogP contribution >= 0.6 is 11.6 Å². The van der Waals surface area contributed by atoms with E-state index < -0.39 is 24.3 Å². The molecule has 8 heteroatoms. The zero-order valence-corrected chi connectivity index (χ0v) is 17.5. The minimum atomic E-state index is -0.742. The Morgan fingerprint density at radius 2 is 1.90 bits per heavy atom. The summed E-state index contributed by atoms with van der Waals surface area (Å²) in [6.45, 7) is 3.24. The number of carbonyl (C=O) groups excluding carboxylic acids is 2. The molecule has 0 aliphatic carbocycles. The summed E-state index contributed by atoms with van der Waals surface area (Å²) in [4.78, 5) is 25.8. The topological polar surface area (TPSA) is 65.1 Å². The summed E-state index contributed by atoms with van der Waals surface area (Å²) < 4.78 is 29.6. The second-order valence-electron chi connectivity index (χ2n) is 6.57. The van der Waals surface area contributed by atoms with Crippen LogP contribution in [0.25, 0.3) is 0 Å². The Bertz CT molecular complexity index is 887. The third-order valence-corrected chi connectivity index (χ3v) is 4.22. The molecule has 0 aliphatic heterocycles. The maximum absolute atomic E-state index is 13.7. The summed E-state index contributed by atoms with van der Waals surface area (Å²) in [6, 6.07) is 8.97. The highest BCUT2D eigenvalue weighted by Gasteiger charge is 2.19. The number of esters is 1. The molecule has 0 aliphatic rings. The lowest BCUT2D eigenvalue weighted by molar-refractivity contribution is -0.133. The Kier molecular flexibility index (Phi) is 7.84. The Morgan fingerprint density at radius 1 is 1.21 bits per heavy atom. The van der Waals surface area contributed by atoms with Crippen molar-refractivity contribution in [3.63, 3.8) is 0 Å². The smallest absolute Gasteiger partial charge is 0.338 e. The van der Waals surface area contributed by atoms with Gasteiger partial charge in [0, 0.05) is 19.2 Å². The summed E-state index contributed by atoms with van der Waals surface area (Å²) in [7, 11) is 2.93. The van der Waals surface area contributed by atoms with Crippen LogP contribution in [-0.2, 0) is 16.1 Å². The molecule has 0 atom stereocenters. The first-order chi connectivity index (χ1) is 13.7. The molecule has 0 aromatic heterocycles. The first-order valence-corrected chi connectivity index (χ1v) is 9.29. The van der Waals surface area contributed by atoms with E-state index in [2.05, 4.69) is 0 Å². The number of halogens is 2. The number of methoxy groups -OCH3 is 1. The molecule has 29 heavy (non-hydrogen) atoms. The minimum Gasteiger partial charge on any atom is -0.493 e. The quantitative estimate of drug-likeness (QED) is 0.598. The highest BCUT2D eigenvalue weighted by atomic mass is 35.5. The Labute approximate surface area is 174 Å². The molecule has 0 bridgehead atoms. The molecular weight excluding hydrogens is 401 g/mol. The van der Waals surface area contributed by atoms with Gasteiger partial charge in [0.25, 0.3) is 5.91 Å². The second kappa shape index (κ2) is 10.1. The van der Waals surface area contributed by atoms with E-state index >= 15 is 0 Å². The number of amides is 1. The molecule has 156 valence electrons. The summed E-state index contributed by atoms with van der Waals surface area (Å²) >= 11 is 6.20. The molecule has 0 fully saturated rings. The van der Waals surface area contributed by atoms with Crippen LogP contribution in [0.3, 0.4) is 0 Å². The van der Waals surface area contributed by atoms with Crippen LogP contribution in [0.1, 0.15) is 29.8 Å². The van der Waals surface area contributed by atoms with Crippen molar-refractivity contribution in [2.45, 2.75) is 26.5 Å². The molecule has 0 unspecified atom stereocenters. The summed E-state index contributed by atoms with van der Waals surface area (Å²) in [6.07, 6.45) is -0.137. The Morgan fingerprint density at radius 3 is 2.52 bits per heavy atom. The van der Waals surface area contributed by atoms with Gasteiger partial charge in [-0.3, -0.25) is 4.79 Å². The predicted molar refractivity (Wildman–Crippen MR) is 107 cm³/mol. The molecule has 2 aromatic carbocycles. The lowest BCUT2D eigenvalue weighted by Crippen LogP contribution is -2.31. The maximum atomic E-state index is 13.7. The fourth-order valence-electron chi connectivity index (χ4n) is 2.48. The lowest BCUT2D eigenvalue weighted by Gasteiger charge is -2.18. The van der Waals surface area contributed by atoms with Crippen molar-refractivity contribution in [1.82, 2.24) is 4.90 Å². The molecule has 2 rings (SSSR count). The van der Waals surface area contributed by atoms with E-state index in [0.29, 0.717) is 11.3 Å². The summed E-state index contributed by atoms with van der Waals surface area (Å²) in [5.41, 5.74) is 0.486. The number of nitrogens with zero attached hydrogens (tertiary/aromatic N) is 1. The summed E-state index contributed by atoms with van der Waals surface area (Å²) in [5.74, 6) is -1.02. The number of ether oxygens (including phenoxy) is 3. The van der Waals surface area contributed by atoms with Crippen molar-refractivity contribution in [3.8, 4) is 11.5 Å². The standard InChI is InChI=1S/C21H23ClFNO5/c1-13(2)29-20-16(22)9-15(10-18(20)27-4)21(26)28-12-19(25)24(3)11-14-7-5-6-8-17(14)23/h5-10,13H,11-12H2,1-4H3. The number of hydrogen-bond donors (Lipinski definition) is 0. The van der Waals surface area contributed by atoms with E-state index in [4.69, 9.17) is 25.8 Å². The minimum absolute atomic E-state index is 0.0595. The van der Waals surface area contributed by atoms with Gasteiger partial charge in [-0.2, -0.15) is 0 Å². The molecule has 0 saturated heterocycles. The molecule has 6 nitrogen and oxygen atoms in total. The van der Waals surface area contributed by atoms with E-state index in [-0.39, 0.29) is 29.0 Å². The van der Waals surface area contributed by atoms with Crippen LogP contribution in [0.4, 0.5) is 4.39 Å². The van der Waals surface area contributed by atoms with Gasteiger partial charge < -0.3 is 19.1 Å². The highest BCUT2D eigenvalue weighted by molar-refractivity contribution is 6.32. The zero-order valence-electron chi connectivity index (χ0n) is 16.7. The van der Waals surface area contributed by atoms with E-state index in [1.807, 2.05) is 13.8 Å². The molecule has 0 spiro atoms. The lowest BCUT2D eigenvalue weighted by atomic mass is 10.2. The van der Waals surface area contributed by atoms with Gasteiger partial charge in [-0.25, -0.2) is 9.18 Å². The summed E-state index contributed by atoms with van der Waals surface area (Å²) in [5, 5.41) is 0.188. The van der Waals surface area contributed by atoms with Crippen molar-refractivity contribution in [1.29, 1.82) is 0 Å². The molecule has 2 aromatic rings. The fraction of sp³-hybridized carbons (Fsp3) is 0.333. The number of benzene rings is 2. The monoisotopic (exact) mass is 423 g/mol. The van der Waals surface area contributed by atoms with Crippen molar-refractivity contribution in [3.05, 3.63) is 58.4 Å². The van der Waals surface area contributed by atoms with E-state index in [0.717, 1.165) is 0 Å². The van der Waals surface area contributed by atoms with Crippen LogP contribution in [0.5, 0.6) is 11.5 Å². The van der Waals surface area contributed by atoms with Gasteiger partial charge >= 0.3 is 5.97 Å². The van der Waals surface area contributed by atoms with Gasteiger partial charge in [0.05, 0.1) is 23.8 Å². The average Bonchev–Trinajstić information content (AvgIpc) is 2.68. The predicted octanol–water partition coefficient (Wildman–Crippen LogP) is 4.09. The van der Waals surface area contributed by atoms with E-state index in [9.17, 15) is 14.0 Å². The van der Waals surface area contributed by atoms with Crippen LogP contribution in [0.15, 0.2) is 36.4 Å². The van der Waals surface area contributed by atoms with Crippen molar-refractivity contribution >= 4 is 23.5 Å². The van der Waals surface area contributed by atoms with Crippen molar-refractivity contribution in [2.24, 2.45) is 0 Å². The third kappa shape index (κ3) is 6.09. The van der Waals surface area contributed by atoms with Gasteiger partial charge in [-0.05, 0) is 32.0 Å². The first-order valence-electron chi connectivity index (χ1n) is 8.91. The molecular formula is C21H23ClFNO5. The van der Waals surface area contributed by atoms with Gasteiger partial charge in [0.1, 0.15) is 5.82 Å². The maximum Gasteiger partial charge on any atom is 0.338 e. The van der Waals surface area contributed by atoms with Crippen molar-refractivity contribution in [2.75, 3.05) is 20.8 Å². The second-order valence-corrected chi connectivity index (χ2v) is 6.98. The first kappa shape index (κ1) is 22.5. The largest absolute Gasteiger partial charge is 0.493 e. The van der Waals surface area contributed by atoms with Crippen LogP contribution in [-0.4, -0.2) is 43.6 Å². The van der Waals surface area contributed by atoms with Crippen molar-refractivity contribution < 1.29 is 28.2 Å². The van der Waals surface area contributed by atoms with Gasteiger partial charge in [-0.15, -0.1) is 0 Å². The Balaban J connectivity index is 2.02. The fourth-order valence-corrected chi connectivity index (χ4v) is 2.73. The SMILES string of the molecule is COc1cc(C(=O)OCC(=O)N(C)Cc2ccccc2F)cc(Cl)c1OC(C)C. The van der Waals surface area contributed by atoms with Crippen LogP contribution in [0, 0.1) is 5.82 Å². The van der Waals surface area contributed by atoms with Crippen LogP contribution in [0.2, 0.25) is 5.02 Å². The number of likely N-dealkylation sites (N-methyl/N-ethyl adjacent to an activating group) is 1. The number of hydrogen-bond acceptors (Lipinski definition) is 5. The molecule has 1 amide bonds. The Hall–Kier alpha value is -2.80. The van der Waals surface area contributed by atoms with E-state index in [1.54, 1.807) is 18.2 Å². The average molecular weight is 424 g/mol. The third-order valence-electron chi connectivity index (χ3n) is 3.94.